The lowest BCUT2D eigenvalue weighted by molar-refractivity contribution is 0.0975. The van der Waals surface area contributed by atoms with Crippen molar-refractivity contribution in [2.24, 2.45) is 0 Å². The first-order chi connectivity index (χ1) is 10.1. The van der Waals surface area contributed by atoms with Crippen molar-refractivity contribution in [3.05, 3.63) is 63.9 Å². The molecule has 0 spiro atoms. The summed E-state index contributed by atoms with van der Waals surface area (Å²) in [5, 5.41) is 9.29. The first kappa shape index (κ1) is 15.2. The van der Waals surface area contributed by atoms with Gasteiger partial charge in [-0.05, 0) is 45.8 Å². The topological polar surface area (TPSA) is 50.1 Å². The zero-order chi connectivity index (χ0) is 15.4. The number of carbonyl (C=O) groups excluding carboxylic acids is 1. The lowest BCUT2D eigenvalue weighted by Crippen LogP contribution is -2.13. The molecular formula is C16H11BrFNO2. The molecule has 1 atom stereocenters. The highest BCUT2D eigenvalue weighted by Crippen LogP contribution is 2.27. The lowest BCUT2D eigenvalue weighted by Gasteiger charge is -2.11. The summed E-state index contributed by atoms with van der Waals surface area (Å²) in [6.07, 6.45) is 0. The average molecular weight is 348 g/mol. The van der Waals surface area contributed by atoms with Gasteiger partial charge in [0.25, 0.3) is 0 Å². The number of nitriles is 1. The van der Waals surface area contributed by atoms with Crippen LogP contribution in [-0.4, -0.2) is 12.9 Å². The summed E-state index contributed by atoms with van der Waals surface area (Å²) in [6.45, 7) is 0. The van der Waals surface area contributed by atoms with Crippen molar-refractivity contribution in [2.45, 2.75) is 5.92 Å². The summed E-state index contributed by atoms with van der Waals surface area (Å²) < 4.78 is 19.3. The standard InChI is InChI=1S/C16H11BrFNO2/c1-21-11-5-2-4-10(8-11)13(9-19)16(20)12-6-3-7-14(17)15(12)18/h2-8,13H,1H3. The smallest absolute Gasteiger partial charge is 0.187 e. The minimum absolute atomic E-state index is 0.112. The maximum Gasteiger partial charge on any atom is 0.187 e. The summed E-state index contributed by atoms with van der Waals surface area (Å²) in [7, 11) is 1.50. The summed E-state index contributed by atoms with van der Waals surface area (Å²) in [5.74, 6) is -1.78. The molecule has 5 heteroatoms. The molecule has 0 radical (unpaired) electrons. The highest BCUT2D eigenvalue weighted by atomic mass is 79.9. The Morgan fingerprint density at radius 3 is 2.71 bits per heavy atom. The molecule has 0 amide bonds. The number of nitrogens with zero attached hydrogens (tertiary/aromatic N) is 1. The van der Waals surface area contributed by atoms with E-state index in [9.17, 15) is 14.4 Å². The van der Waals surface area contributed by atoms with Gasteiger partial charge < -0.3 is 4.74 Å². The molecule has 3 nitrogen and oxygen atoms in total. The van der Waals surface area contributed by atoms with Crippen LogP contribution in [0, 0.1) is 17.1 Å². The second-order valence-corrected chi connectivity index (χ2v) is 5.16. The molecule has 0 bridgehead atoms. The molecule has 0 fully saturated rings. The Labute approximate surface area is 130 Å². The molecule has 1 unspecified atom stereocenters. The number of methoxy groups -OCH3 is 1. The molecule has 0 heterocycles. The third-order valence-electron chi connectivity index (χ3n) is 3.04. The first-order valence-electron chi connectivity index (χ1n) is 6.10. The molecular weight excluding hydrogens is 337 g/mol. The number of hydrogen-bond donors (Lipinski definition) is 0. The van der Waals surface area contributed by atoms with Crippen molar-refractivity contribution >= 4 is 21.7 Å². The molecule has 2 aromatic rings. The largest absolute Gasteiger partial charge is 0.497 e. The van der Waals surface area contributed by atoms with Crippen molar-refractivity contribution in [1.82, 2.24) is 0 Å². The normalized spacial score (nSPS) is 11.5. The van der Waals surface area contributed by atoms with Crippen molar-refractivity contribution in [1.29, 1.82) is 5.26 Å². The second kappa shape index (κ2) is 6.51. The van der Waals surface area contributed by atoms with Crippen LogP contribution in [0.25, 0.3) is 0 Å². The number of halogens is 2. The van der Waals surface area contributed by atoms with E-state index in [0.717, 1.165) is 0 Å². The van der Waals surface area contributed by atoms with Gasteiger partial charge in [-0.1, -0.05) is 18.2 Å². The van der Waals surface area contributed by atoms with E-state index < -0.39 is 17.5 Å². The minimum Gasteiger partial charge on any atom is -0.497 e. The van der Waals surface area contributed by atoms with E-state index in [0.29, 0.717) is 11.3 Å². The van der Waals surface area contributed by atoms with Crippen LogP contribution in [0.4, 0.5) is 4.39 Å². The Kier molecular flexibility index (Phi) is 4.71. The van der Waals surface area contributed by atoms with Crippen molar-refractivity contribution in [3.8, 4) is 11.8 Å². The predicted octanol–water partition coefficient (Wildman–Crippen LogP) is 4.09. The van der Waals surface area contributed by atoms with Crippen LogP contribution in [0.15, 0.2) is 46.9 Å². The third-order valence-corrected chi connectivity index (χ3v) is 3.65. The van der Waals surface area contributed by atoms with Gasteiger partial charge in [-0.25, -0.2) is 4.39 Å². The van der Waals surface area contributed by atoms with Gasteiger partial charge in [-0.3, -0.25) is 4.79 Å². The highest BCUT2D eigenvalue weighted by molar-refractivity contribution is 9.10. The van der Waals surface area contributed by atoms with E-state index in [2.05, 4.69) is 15.9 Å². The molecule has 0 aliphatic rings. The van der Waals surface area contributed by atoms with Gasteiger partial charge in [0, 0.05) is 0 Å². The summed E-state index contributed by atoms with van der Waals surface area (Å²) in [5.41, 5.74) is 0.361. The number of ketones is 1. The Morgan fingerprint density at radius 1 is 1.33 bits per heavy atom. The van der Waals surface area contributed by atoms with Gasteiger partial charge in [-0.15, -0.1) is 0 Å². The zero-order valence-corrected chi connectivity index (χ0v) is 12.7. The molecule has 2 aromatic carbocycles. The lowest BCUT2D eigenvalue weighted by atomic mass is 9.91. The molecule has 0 saturated heterocycles. The molecule has 0 aliphatic heterocycles. The van der Waals surface area contributed by atoms with E-state index in [1.807, 2.05) is 6.07 Å². The van der Waals surface area contributed by atoms with Gasteiger partial charge in [-0.2, -0.15) is 5.26 Å². The molecule has 106 valence electrons. The van der Waals surface area contributed by atoms with Gasteiger partial charge in [0.15, 0.2) is 5.78 Å². The van der Waals surface area contributed by atoms with Gasteiger partial charge in [0.05, 0.1) is 23.2 Å². The number of ether oxygens (including phenoxy) is 1. The molecule has 0 aromatic heterocycles. The predicted molar refractivity (Wildman–Crippen MR) is 79.8 cm³/mol. The fourth-order valence-electron chi connectivity index (χ4n) is 1.96. The van der Waals surface area contributed by atoms with E-state index in [4.69, 9.17) is 4.74 Å². The summed E-state index contributed by atoms with van der Waals surface area (Å²) in [6, 6.07) is 13.0. The highest BCUT2D eigenvalue weighted by Gasteiger charge is 2.25. The molecule has 0 aliphatic carbocycles. The van der Waals surface area contributed by atoms with E-state index in [-0.39, 0.29) is 10.0 Å². The summed E-state index contributed by atoms with van der Waals surface area (Å²) in [4.78, 5) is 12.4. The number of Topliss-reactive ketones (excluding diaryl/α,β-unsaturated/α-hetero) is 1. The quantitative estimate of drug-likeness (QED) is 0.782. The van der Waals surface area contributed by atoms with Gasteiger partial charge in [0.2, 0.25) is 0 Å². The Hall–Kier alpha value is -2.19. The van der Waals surface area contributed by atoms with Crippen LogP contribution in [0.3, 0.4) is 0 Å². The Bertz CT molecular complexity index is 724. The monoisotopic (exact) mass is 347 g/mol. The first-order valence-corrected chi connectivity index (χ1v) is 6.89. The van der Waals surface area contributed by atoms with Crippen molar-refractivity contribution in [2.75, 3.05) is 7.11 Å². The molecule has 21 heavy (non-hydrogen) atoms. The maximum absolute atomic E-state index is 14.0. The number of carbonyl (C=O) groups is 1. The molecule has 0 saturated carbocycles. The van der Waals surface area contributed by atoms with Crippen LogP contribution in [0.2, 0.25) is 0 Å². The van der Waals surface area contributed by atoms with Crippen LogP contribution in [-0.2, 0) is 0 Å². The van der Waals surface area contributed by atoms with Crippen molar-refractivity contribution < 1.29 is 13.9 Å². The van der Waals surface area contributed by atoms with E-state index in [1.165, 1.54) is 19.2 Å². The minimum atomic E-state index is -1.08. The fourth-order valence-corrected chi connectivity index (χ4v) is 2.32. The number of hydrogen-bond acceptors (Lipinski definition) is 3. The Morgan fingerprint density at radius 2 is 2.05 bits per heavy atom. The van der Waals surface area contributed by atoms with Crippen molar-refractivity contribution in [3.63, 3.8) is 0 Å². The number of rotatable bonds is 4. The van der Waals surface area contributed by atoms with E-state index in [1.54, 1.807) is 30.3 Å². The average Bonchev–Trinajstić information content (AvgIpc) is 2.51. The van der Waals surface area contributed by atoms with Gasteiger partial charge in [0.1, 0.15) is 17.5 Å². The van der Waals surface area contributed by atoms with Gasteiger partial charge >= 0.3 is 0 Å². The third kappa shape index (κ3) is 3.11. The maximum atomic E-state index is 14.0. The summed E-state index contributed by atoms with van der Waals surface area (Å²) >= 11 is 3.03. The van der Waals surface area contributed by atoms with Crippen LogP contribution < -0.4 is 4.74 Å². The Balaban J connectivity index is 2.44. The fraction of sp³-hybridized carbons (Fsp3) is 0.125. The molecule has 2 rings (SSSR count). The van der Waals surface area contributed by atoms with Crippen LogP contribution in [0.1, 0.15) is 21.8 Å². The SMILES string of the molecule is COc1cccc(C(C#N)C(=O)c2cccc(Br)c2F)c1. The van der Waals surface area contributed by atoms with E-state index >= 15 is 0 Å². The second-order valence-electron chi connectivity index (χ2n) is 4.30. The zero-order valence-electron chi connectivity index (χ0n) is 11.1. The molecule has 0 N–H and O–H groups in total. The van der Waals surface area contributed by atoms with Crippen LogP contribution in [0.5, 0.6) is 5.75 Å². The number of benzene rings is 2. The van der Waals surface area contributed by atoms with Crippen LogP contribution >= 0.6 is 15.9 Å².